The summed E-state index contributed by atoms with van der Waals surface area (Å²) in [5.41, 5.74) is 1.93. The minimum absolute atomic E-state index is 0.0281. The number of carbonyl (C=O) groups is 1. The summed E-state index contributed by atoms with van der Waals surface area (Å²) in [6, 6.07) is 10.7. The molecule has 2 aromatic heterocycles. The van der Waals surface area contributed by atoms with Gasteiger partial charge in [-0.25, -0.2) is 8.42 Å². The zero-order chi connectivity index (χ0) is 23.0. The Bertz CT molecular complexity index is 1260. The van der Waals surface area contributed by atoms with Gasteiger partial charge in [0.15, 0.2) is 0 Å². The summed E-state index contributed by atoms with van der Waals surface area (Å²) < 4.78 is 32.1. The first kappa shape index (κ1) is 22.2. The first-order valence-corrected chi connectivity index (χ1v) is 12.9. The maximum Gasteiger partial charge on any atom is 0.276 e. The number of furan rings is 1. The molecule has 33 heavy (non-hydrogen) atoms. The van der Waals surface area contributed by atoms with Crippen LogP contribution in [-0.4, -0.2) is 67.8 Å². The van der Waals surface area contributed by atoms with Crippen LogP contribution in [0.15, 0.2) is 58.4 Å². The Morgan fingerprint density at radius 2 is 1.91 bits per heavy atom. The zero-order valence-corrected chi connectivity index (χ0v) is 19.6. The fraction of sp³-hybridized carbons (Fsp3) is 0.391. The third kappa shape index (κ3) is 4.32. The SMILES string of the molecule is O=C(C1CCCN(S(=O)(=O)c2ccco2)C1)N1CCN(c2ccnc3cc(Cl)ccc23)CC1. The number of halogens is 1. The van der Waals surface area contributed by atoms with Gasteiger partial charge in [0.2, 0.25) is 11.0 Å². The van der Waals surface area contributed by atoms with Gasteiger partial charge in [0, 0.05) is 61.6 Å². The van der Waals surface area contributed by atoms with Gasteiger partial charge < -0.3 is 14.2 Å². The van der Waals surface area contributed by atoms with E-state index in [0.717, 1.165) is 16.6 Å². The van der Waals surface area contributed by atoms with E-state index in [1.54, 1.807) is 12.3 Å². The van der Waals surface area contributed by atoms with Gasteiger partial charge in [-0.3, -0.25) is 9.78 Å². The number of fused-ring (bicyclic) bond motifs is 1. The summed E-state index contributed by atoms with van der Waals surface area (Å²) in [5.74, 6) is -0.306. The highest BCUT2D eigenvalue weighted by Gasteiger charge is 2.37. The molecule has 0 bridgehead atoms. The standard InChI is InChI=1S/C23H25ClN4O4S/c24-18-5-6-19-20(15-18)25-8-7-21(19)26-10-12-27(13-11-26)23(29)17-3-1-9-28(16-17)33(30,31)22-4-2-14-32-22/h2,4-8,14-15,17H,1,3,9-13,16H2. The van der Waals surface area contributed by atoms with E-state index in [1.807, 2.05) is 29.2 Å². The van der Waals surface area contributed by atoms with Crippen LogP contribution in [0.5, 0.6) is 0 Å². The van der Waals surface area contributed by atoms with Crippen LogP contribution in [0.4, 0.5) is 5.69 Å². The van der Waals surface area contributed by atoms with Crippen LogP contribution in [0.25, 0.3) is 10.9 Å². The number of carbonyl (C=O) groups excluding carboxylic acids is 1. The van der Waals surface area contributed by atoms with Crippen molar-refractivity contribution in [3.05, 3.63) is 53.9 Å². The number of aromatic nitrogens is 1. The highest BCUT2D eigenvalue weighted by atomic mass is 35.5. The Hall–Kier alpha value is -2.62. The molecule has 2 saturated heterocycles. The number of hydrogen-bond donors (Lipinski definition) is 0. The lowest BCUT2D eigenvalue weighted by Gasteiger charge is -2.39. The molecule has 1 amide bonds. The number of rotatable bonds is 4. The molecule has 1 unspecified atom stereocenters. The topological polar surface area (TPSA) is 87.0 Å². The predicted octanol–water partition coefficient (Wildman–Crippen LogP) is 3.23. The number of nitrogens with zero attached hydrogens (tertiary/aromatic N) is 4. The van der Waals surface area contributed by atoms with E-state index in [1.165, 1.54) is 16.6 Å². The van der Waals surface area contributed by atoms with Crippen LogP contribution < -0.4 is 4.90 Å². The number of anilines is 1. The molecule has 0 radical (unpaired) electrons. The van der Waals surface area contributed by atoms with E-state index < -0.39 is 10.0 Å². The van der Waals surface area contributed by atoms with Gasteiger partial charge in [-0.15, -0.1) is 0 Å². The zero-order valence-electron chi connectivity index (χ0n) is 18.1. The lowest BCUT2D eigenvalue weighted by atomic mass is 9.97. The Morgan fingerprint density at radius 1 is 1.09 bits per heavy atom. The molecular weight excluding hydrogens is 464 g/mol. The van der Waals surface area contributed by atoms with Crippen LogP contribution in [0.2, 0.25) is 5.02 Å². The molecule has 2 aliphatic rings. The van der Waals surface area contributed by atoms with Crippen LogP contribution in [0, 0.1) is 5.92 Å². The lowest BCUT2D eigenvalue weighted by Crippen LogP contribution is -2.53. The Kier molecular flexibility index (Phi) is 6.03. The highest BCUT2D eigenvalue weighted by molar-refractivity contribution is 7.89. The number of sulfonamides is 1. The van der Waals surface area contributed by atoms with Crippen molar-refractivity contribution in [1.29, 1.82) is 0 Å². The quantitative estimate of drug-likeness (QED) is 0.560. The van der Waals surface area contributed by atoms with E-state index in [9.17, 15) is 13.2 Å². The average Bonchev–Trinajstić information content (AvgIpc) is 3.39. The molecule has 2 aliphatic heterocycles. The lowest BCUT2D eigenvalue weighted by molar-refractivity contribution is -0.137. The van der Waals surface area contributed by atoms with Crippen LogP contribution in [0.3, 0.4) is 0 Å². The molecule has 1 atom stereocenters. The summed E-state index contributed by atoms with van der Waals surface area (Å²) in [7, 11) is -3.71. The van der Waals surface area contributed by atoms with Crippen molar-refractivity contribution in [2.24, 2.45) is 5.92 Å². The van der Waals surface area contributed by atoms with Gasteiger partial charge in [0.25, 0.3) is 10.0 Å². The summed E-state index contributed by atoms with van der Waals surface area (Å²) >= 11 is 6.11. The van der Waals surface area contributed by atoms with Crippen molar-refractivity contribution in [2.45, 2.75) is 17.9 Å². The first-order valence-electron chi connectivity index (χ1n) is 11.0. The molecule has 1 aromatic carbocycles. The number of pyridine rings is 1. The first-order chi connectivity index (χ1) is 15.9. The Balaban J connectivity index is 1.25. The molecule has 0 spiro atoms. The number of benzene rings is 1. The maximum absolute atomic E-state index is 13.2. The maximum atomic E-state index is 13.2. The molecule has 0 aliphatic carbocycles. The van der Waals surface area contributed by atoms with Crippen molar-refractivity contribution in [3.8, 4) is 0 Å². The molecule has 5 rings (SSSR count). The second kappa shape index (κ2) is 8.96. The van der Waals surface area contributed by atoms with Gasteiger partial charge in [-0.2, -0.15) is 4.31 Å². The van der Waals surface area contributed by atoms with E-state index >= 15 is 0 Å². The molecule has 0 N–H and O–H groups in total. The third-order valence-corrected chi connectivity index (χ3v) is 8.42. The summed E-state index contributed by atoms with van der Waals surface area (Å²) in [5, 5.41) is 1.61. The second-order valence-corrected chi connectivity index (χ2v) is 10.7. The van der Waals surface area contributed by atoms with Gasteiger partial charge >= 0.3 is 0 Å². The van der Waals surface area contributed by atoms with Crippen LogP contribution in [-0.2, 0) is 14.8 Å². The monoisotopic (exact) mass is 488 g/mol. The van der Waals surface area contributed by atoms with E-state index in [0.29, 0.717) is 50.6 Å². The van der Waals surface area contributed by atoms with Crippen LogP contribution >= 0.6 is 11.6 Å². The Labute approximate surface area is 197 Å². The van der Waals surface area contributed by atoms with Crippen LogP contribution in [0.1, 0.15) is 12.8 Å². The molecule has 174 valence electrons. The number of amides is 1. The van der Waals surface area contributed by atoms with Gasteiger partial charge in [-0.05, 0) is 49.2 Å². The summed E-state index contributed by atoms with van der Waals surface area (Å²) in [6.07, 6.45) is 4.47. The van der Waals surface area contributed by atoms with Gasteiger partial charge in [-0.1, -0.05) is 11.6 Å². The molecule has 0 saturated carbocycles. The predicted molar refractivity (Wildman–Crippen MR) is 126 cm³/mol. The second-order valence-electron chi connectivity index (χ2n) is 8.44. The fourth-order valence-corrected chi connectivity index (χ4v) is 6.30. The highest BCUT2D eigenvalue weighted by Crippen LogP contribution is 2.29. The van der Waals surface area contributed by atoms with Crippen molar-refractivity contribution in [3.63, 3.8) is 0 Å². The smallest absolute Gasteiger partial charge is 0.276 e. The number of piperazine rings is 1. The van der Waals surface area contributed by atoms with Crippen molar-refractivity contribution < 1.29 is 17.6 Å². The van der Waals surface area contributed by atoms with Crippen molar-refractivity contribution in [1.82, 2.24) is 14.2 Å². The molecule has 4 heterocycles. The van der Waals surface area contributed by atoms with E-state index in [2.05, 4.69) is 9.88 Å². The minimum Gasteiger partial charge on any atom is -0.452 e. The van der Waals surface area contributed by atoms with Crippen molar-refractivity contribution >= 4 is 44.1 Å². The molecule has 3 aromatic rings. The van der Waals surface area contributed by atoms with Gasteiger partial charge in [0.1, 0.15) is 0 Å². The average molecular weight is 489 g/mol. The largest absolute Gasteiger partial charge is 0.452 e. The minimum atomic E-state index is -3.71. The number of hydrogen-bond acceptors (Lipinski definition) is 6. The van der Waals surface area contributed by atoms with E-state index in [-0.39, 0.29) is 23.5 Å². The summed E-state index contributed by atoms with van der Waals surface area (Å²) in [4.78, 5) is 21.8. The Morgan fingerprint density at radius 3 is 2.67 bits per heavy atom. The van der Waals surface area contributed by atoms with Crippen molar-refractivity contribution in [2.75, 3.05) is 44.2 Å². The molecular formula is C23H25ClN4O4S. The number of piperidine rings is 1. The normalized spacial score (nSPS) is 20.3. The molecule has 8 nitrogen and oxygen atoms in total. The molecule has 10 heteroatoms. The third-order valence-electron chi connectivity index (χ3n) is 6.44. The fourth-order valence-electron chi connectivity index (χ4n) is 4.71. The summed E-state index contributed by atoms with van der Waals surface area (Å²) in [6.45, 7) is 3.19. The molecule has 2 fully saturated rings. The van der Waals surface area contributed by atoms with E-state index in [4.69, 9.17) is 16.0 Å². The van der Waals surface area contributed by atoms with Gasteiger partial charge in [0.05, 0.1) is 17.7 Å².